The Morgan fingerprint density at radius 3 is 3.00 bits per heavy atom. The molecule has 0 aliphatic carbocycles. The van der Waals surface area contributed by atoms with Crippen molar-refractivity contribution in [2.24, 2.45) is 0 Å². The summed E-state index contributed by atoms with van der Waals surface area (Å²) in [5.41, 5.74) is 0.0210. The van der Waals surface area contributed by atoms with Gasteiger partial charge < -0.3 is 14.3 Å². The number of piperidine rings is 1. The lowest BCUT2D eigenvalue weighted by Gasteiger charge is -2.31. The number of hydrogen-bond acceptors (Lipinski definition) is 8. The molecule has 9 heteroatoms. The van der Waals surface area contributed by atoms with Crippen LogP contribution < -0.4 is 9.80 Å². The van der Waals surface area contributed by atoms with E-state index in [2.05, 4.69) is 15.1 Å². The normalized spacial score (nSPS) is 18.0. The van der Waals surface area contributed by atoms with Gasteiger partial charge in [-0.25, -0.2) is 4.98 Å². The summed E-state index contributed by atoms with van der Waals surface area (Å²) in [6.07, 6.45) is 3.37. The molecule has 1 saturated heterocycles. The number of rotatable bonds is 4. The Hall–Kier alpha value is -2.71. The highest BCUT2D eigenvalue weighted by Gasteiger charge is 2.30. The van der Waals surface area contributed by atoms with E-state index in [-0.39, 0.29) is 11.6 Å². The van der Waals surface area contributed by atoms with Crippen molar-refractivity contribution in [3.63, 3.8) is 0 Å². The second kappa shape index (κ2) is 6.19. The third-order valence-electron chi connectivity index (χ3n) is 3.86. The standard InChI is InChI=1S/C14H18N6O3/c1-18(2)14-16-13(23-17-14)10-5-4-8-19(9-10)12-11(20(21)22)6-3-7-15-12/h3,6-7,10H,4-5,8-9H2,1-2H3. The van der Waals surface area contributed by atoms with Gasteiger partial charge in [-0.3, -0.25) is 10.1 Å². The molecule has 1 atom stereocenters. The first-order chi connectivity index (χ1) is 11.1. The molecule has 1 fully saturated rings. The largest absolute Gasteiger partial charge is 0.350 e. The van der Waals surface area contributed by atoms with Crippen LogP contribution in [0.25, 0.3) is 0 Å². The minimum atomic E-state index is -0.400. The monoisotopic (exact) mass is 318 g/mol. The SMILES string of the molecule is CN(C)c1noc(C2CCCN(c3ncccc3[N+](=O)[O-])C2)n1. The number of aromatic nitrogens is 3. The van der Waals surface area contributed by atoms with Gasteiger partial charge in [0.05, 0.1) is 10.8 Å². The quantitative estimate of drug-likeness (QED) is 0.621. The van der Waals surface area contributed by atoms with Crippen molar-refractivity contribution in [1.29, 1.82) is 0 Å². The van der Waals surface area contributed by atoms with E-state index in [1.807, 2.05) is 19.0 Å². The molecule has 0 N–H and O–H groups in total. The Labute approximate surface area is 133 Å². The minimum absolute atomic E-state index is 0.0210. The first kappa shape index (κ1) is 15.2. The zero-order valence-corrected chi connectivity index (χ0v) is 13.0. The molecule has 23 heavy (non-hydrogen) atoms. The lowest BCUT2D eigenvalue weighted by molar-refractivity contribution is -0.384. The molecule has 1 aliphatic rings. The third kappa shape index (κ3) is 3.08. The van der Waals surface area contributed by atoms with Crippen molar-refractivity contribution in [2.75, 3.05) is 37.0 Å². The average Bonchev–Trinajstić information content (AvgIpc) is 3.05. The van der Waals surface area contributed by atoms with Gasteiger partial charge in [0.25, 0.3) is 5.95 Å². The molecule has 0 spiro atoms. The van der Waals surface area contributed by atoms with E-state index in [4.69, 9.17) is 4.52 Å². The molecule has 3 rings (SSSR count). The molecule has 122 valence electrons. The number of hydrogen-bond donors (Lipinski definition) is 0. The molecule has 0 amide bonds. The van der Waals surface area contributed by atoms with Gasteiger partial charge in [-0.1, -0.05) is 0 Å². The Bertz CT molecular complexity index is 701. The molecule has 2 aromatic rings. The summed E-state index contributed by atoms with van der Waals surface area (Å²) in [7, 11) is 3.69. The van der Waals surface area contributed by atoms with Crippen molar-refractivity contribution in [3.05, 3.63) is 34.3 Å². The summed E-state index contributed by atoms with van der Waals surface area (Å²) in [6, 6.07) is 3.05. The summed E-state index contributed by atoms with van der Waals surface area (Å²) in [6.45, 7) is 1.30. The van der Waals surface area contributed by atoms with Gasteiger partial charge in [0.15, 0.2) is 0 Å². The summed E-state index contributed by atoms with van der Waals surface area (Å²) in [4.78, 5) is 23.1. The number of nitrogens with zero attached hydrogens (tertiary/aromatic N) is 6. The zero-order valence-electron chi connectivity index (χ0n) is 13.0. The average molecular weight is 318 g/mol. The van der Waals surface area contributed by atoms with Crippen LogP contribution in [0.5, 0.6) is 0 Å². The number of pyridine rings is 1. The molecule has 9 nitrogen and oxygen atoms in total. The fraction of sp³-hybridized carbons (Fsp3) is 0.500. The number of nitro groups is 1. The lowest BCUT2D eigenvalue weighted by Crippen LogP contribution is -2.35. The van der Waals surface area contributed by atoms with E-state index >= 15 is 0 Å². The van der Waals surface area contributed by atoms with Gasteiger partial charge in [0.2, 0.25) is 11.7 Å². The fourth-order valence-corrected chi connectivity index (χ4v) is 2.72. The third-order valence-corrected chi connectivity index (χ3v) is 3.86. The highest BCUT2D eigenvalue weighted by atomic mass is 16.6. The zero-order chi connectivity index (χ0) is 16.4. The topological polar surface area (TPSA) is 101 Å². The Morgan fingerprint density at radius 2 is 2.30 bits per heavy atom. The van der Waals surface area contributed by atoms with Gasteiger partial charge in [-0.05, 0) is 24.1 Å². The first-order valence-corrected chi connectivity index (χ1v) is 7.41. The van der Waals surface area contributed by atoms with Crippen LogP contribution >= 0.6 is 0 Å². The van der Waals surface area contributed by atoms with Gasteiger partial charge in [-0.2, -0.15) is 4.98 Å². The van der Waals surface area contributed by atoms with Crippen LogP contribution in [0.1, 0.15) is 24.7 Å². The van der Waals surface area contributed by atoms with Crippen molar-refractivity contribution in [2.45, 2.75) is 18.8 Å². The van der Waals surface area contributed by atoms with Gasteiger partial charge in [0.1, 0.15) is 0 Å². The van der Waals surface area contributed by atoms with E-state index in [1.54, 1.807) is 17.2 Å². The van der Waals surface area contributed by atoms with E-state index in [0.717, 1.165) is 19.4 Å². The van der Waals surface area contributed by atoms with Crippen LogP contribution in [0.2, 0.25) is 0 Å². The molecular formula is C14H18N6O3. The van der Waals surface area contributed by atoms with Crippen molar-refractivity contribution >= 4 is 17.5 Å². The predicted octanol–water partition coefficient (Wildman–Crippen LogP) is 1.82. The number of anilines is 2. The molecule has 1 unspecified atom stereocenters. The van der Waals surface area contributed by atoms with Crippen LogP contribution in [0.15, 0.2) is 22.9 Å². The highest BCUT2D eigenvalue weighted by molar-refractivity contribution is 5.57. The Kier molecular flexibility index (Phi) is 4.09. The molecule has 3 heterocycles. The maximum absolute atomic E-state index is 11.2. The summed E-state index contributed by atoms with van der Waals surface area (Å²) < 4.78 is 5.34. The van der Waals surface area contributed by atoms with E-state index in [9.17, 15) is 10.1 Å². The first-order valence-electron chi connectivity index (χ1n) is 7.41. The van der Waals surface area contributed by atoms with Gasteiger partial charge in [0, 0.05) is 39.4 Å². The van der Waals surface area contributed by atoms with E-state index in [1.165, 1.54) is 6.07 Å². The van der Waals surface area contributed by atoms with E-state index in [0.29, 0.717) is 24.2 Å². The maximum atomic E-state index is 11.2. The predicted molar refractivity (Wildman–Crippen MR) is 83.7 cm³/mol. The van der Waals surface area contributed by atoms with Crippen molar-refractivity contribution in [3.8, 4) is 0 Å². The molecule has 2 aromatic heterocycles. The lowest BCUT2D eigenvalue weighted by atomic mass is 9.98. The second-order valence-electron chi connectivity index (χ2n) is 5.72. The van der Waals surface area contributed by atoms with Crippen molar-refractivity contribution in [1.82, 2.24) is 15.1 Å². The summed E-state index contributed by atoms with van der Waals surface area (Å²) in [5.74, 6) is 1.54. The molecule has 0 aromatic carbocycles. The summed E-state index contributed by atoms with van der Waals surface area (Å²) >= 11 is 0. The van der Waals surface area contributed by atoms with Crippen LogP contribution in [0.3, 0.4) is 0 Å². The molecule has 1 aliphatic heterocycles. The maximum Gasteiger partial charge on any atom is 0.311 e. The fourth-order valence-electron chi connectivity index (χ4n) is 2.72. The van der Waals surface area contributed by atoms with Crippen LogP contribution in [0.4, 0.5) is 17.5 Å². The summed E-state index contributed by atoms with van der Waals surface area (Å²) in [5, 5.41) is 15.1. The molecule has 0 saturated carbocycles. The van der Waals surface area contributed by atoms with Crippen LogP contribution in [0, 0.1) is 10.1 Å². The molecule has 0 bridgehead atoms. The van der Waals surface area contributed by atoms with Gasteiger partial charge in [-0.15, -0.1) is 0 Å². The Morgan fingerprint density at radius 1 is 1.48 bits per heavy atom. The Balaban J connectivity index is 1.82. The molecule has 0 radical (unpaired) electrons. The van der Waals surface area contributed by atoms with E-state index < -0.39 is 4.92 Å². The smallest absolute Gasteiger partial charge is 0.311 e. The highest BCUT2D eigenvalue weighted by Crippen LogP contribution is 2.32. The van der Waals surface area contributed by atoms with Crippen LogP contribution in [-0.2, 0) is 0 Å². The molecular weight excluding hydrogens is 300 g/mol. The van der Waals surface area contributed by atoms with Gasteiger partial charge >= 0.3 is 5.69 Å². The van der Waals surface area contributed by atoms with Crippen LogP contribution in [-0.4, -0.2) is 47.2 Å². The van der Waals surface area contributed by atoms with Crippen molar-refractivity contribution < 1.29 is 9.45 Å². The second-order valence-corrected chi connectivity index (χ2v) is 5.72. The minimum Gasteiger partial charge on any atom is -0.350 e.